The molecule has 0 aromatic heterocycles. The van der Waals surface area contributed by atoms with Gasteiger partial charge in [-0.25, -0.2) is 0 Å². The molecular formula is C24H18O2Si. The lowest BCUT2D eigenvalue weighted by Gasteiger charge is -2.08. The van der Waals surface area contributed by atoms with Crippen molar-refractivity contribution < 1.29 is 8.85 Å². The zero-order chi connectivity index (χ0) is 18.3. The topological polar surface area (TPSA) is 18.5 Å². The van der Waals surface area contributed by atoms with E-state index in [2.05, 4.69) is 48.5 Å². The van der Waals surface area contributed by atoms with Gasteiger partial charge in [-0.15, -0.1) is 0 Å². The molecule has 0 aliphatic rings. The molecule has 0 spiro atoms. The predicted octanol–water partition coefficient (Wildman–Crippen LogP) is 6.01. The van der Waals surface area contributed by atoms with E-state index in [1.807, 2.05) is 60.7 Å². The van der Waals surface area contributed by atoms with E-state index in [0.717, 1.165) is 11.5 Å². The van der Waals surface area contributed by atoms with Crippen molar-refractivity contribution in [1.29, 1.82) is 0 Å². The maximum absolute atomic E-state index is 5.72. The van der Waals surface area contributed by atoms with Crippen LogP contribution in [0.5, 0.6) is 11.5 Å². The Balaban J connectivity index is 1.32. The molecule has 0 atom stereocenters. The average molecular weight is 366 g/mol. The molecule has 0 aliphatic heterocycles. The van der Waals surface area contributed by atoms with Gasteiger partial charge in [0.25, 0.3) is 0 Å². The van der Waals surface area contributed by atoms with Crippen LogP contribution in [0.15, 0.2) is 109 Å². The summed E-state index contributed by atoms with van der Waals surface area (Å²) in [4.78, 5) is 0. The first kappa shape index (κ1) is 17.1. The van der Waals surface area contributed by atoms with Gasteiger partial charge >= 0.3 is 10.0 Å². The highest BCUT2D eigenvalue weighted by Gasteiger charge is 2.03. The van der Waals surface area contributed by atoms with Gasteiger partial charge < -0.3 is 8.85 Å². The summed E-state index contributed by atoms with van der Waals surface area (Å²) in [6.07, 6.45) is 0. The minimum Gasteiger partial charge on any atom is -0.508 e. The molecule has 0 bridgehead atoms. The zero-order valence-electron chi connectivity index (χ0n) is 14.7. The van der Waals surface area contributed by atoms with Crippen LogP contribution in [0.4, 0.5) is 0 Å². The minimum atomic E-state index is -0.0863. The van der Waals surface area contributed by atoms with E-state index in [-0.39, 0.29) is 10.0 Å². The molecular weight excluding hydrogens is 348 g/mol. The van der Waals surface area contributed by atoms with E-state index in [0.29, 0.717) is 0 Å². The first-order valence-electron chi connectivity index (χ1n) is 8.78. The van der Waals surface area contributed by atoms with Crippen LogP contribution in [0.25, 0.3) is 22.3 Å². The molecule has 0 unspecified atom stereocenters. The summed E-state index contributed by atoms with van der Waals surface area (Å²) in [5.41, 5.74) is 4.73. The van der Waals surface area contributed by atoms with E-state index < -0.39 is 0 Å². The monoisotopic (exact) mass is 366 g/mol. The first-order valence-corrected chi connectivity index (χ1v) is 9.60. The summed E-state index contributed by atoms with van der Waals surface area (Å²) in [5.74, 6) is 1.60. The largest absolute Gasteiger partial charge is 0.610 e. The Morgan fingerprint density at radius 2 is 0.704 bits per heavy atom. The van der Waals surface area contributed by atoms with Crippen LogP contribution in [0, 0.1) is 0 Å². The third-order valence-corrected chi connectivity index (χ3v) is 4.88. The molecule has 4 aromatic carbocycles. The van der Waals surface area contributed by atoms with Crippen LogP contribution >= 0.6 is 0 Å². The third kappa shape index (κ3) is 4.46. The fraction of sp³-hybridized carbons (Fsp3) is 0. The minimum absolute atomic E-state index is 0.0863. The third-order valence-electron chi connectivity index (χ3n) is 4.24. The number of rotatable bonds is 6. The number of hydrogen-bond donors (Lipinski definition) is 0. The van der Waals surface area contributed by atoms with Crippen LogP contribution in [-0.2, 0) is 0 Å². The van der Waals surface area contributed by atoms with Crippen molar-refractivity contribution in [2.24, 2.45) is 0 Å². The highest BCUT2D eigenvalue weighted by atomic mass is 28.3. The highest BCUT2D eigenvalue weighted by molar-refractivity contribution is 6.20. The lowest BCUT2D eigenvalue weighted by molar-refractivity contribution is 0.459. The van der Waals surface area contributed by atoms with E-state index in [1.165, 1.54) is 22.3 Å². The Morgan fingerprint density at radius 1 is 0.370 bits per heavy atom. The van der Waals surface area contributed by atoms with Crippen LogP contribution in [-0.4, -0.2) is 10.0 Å². The second kappa shape index (κ2) is 8.38. The first-order chi connectivity index (χ1) is 13.4. The van der Waals surface area contributed by atoms with E-state index in [9.17, 15) is 0 Å². The fourth-order valence-electron chi connectivity index (χ4n) is 2.81. The zero-order valence-corrected chi connectivity index (χ0v) is 15.7. The van der Waals surface area contributed by atoms with Crippen molar-refractivity contribution in [3.63, 3.8) is 0 Å². The number of benzene rings is 4. The summed E-state index contributed by atoms with van der Waals surface area (Å²) in [6.45, 7) is 0. The van der Waals surface area contributed by atoms with Gasteiger partial charge in [-0.3, -0.25) is 0 Å². The van der Waals surface area contributed by atoms with Gasteiger partial charge in [-0.05, 0) is 46.5 Å². The Labute approximate surface area is 162 Å². The molecule has 130 valence electrons. The lowest BCUT2D eigenvalue weighted by atomic mass is 10.1. The van der Waals surface area contributed by atoms with Crippen LogP contribution < -0.4 is 8.85 Å². The smallest absolute Gasteiger partial charge is 0.508 e. The maximum atomic E-state index is 5.72. The van der Waals surface area contributed by atoms with E-state index in [1.54, 1.807) is 0 Å². The van der Waals surface area contributed by atoms with Gasteiger partial charge in [-0.2, -0.15) is 0 Å². The summed E-state index contributed by atoms with van der Waals surface area (Å²) in [5, 5.41) is 0. The molecule has 0 aliphatic carbocycles. The fourth-order valence-corrected chi connectivity index (χ4v) is 3.32. The molecule has 0 amide bonds. The van der Waals surface area contributed by atoms with Crippen molar-refractivity contribution in [2.45, 2.75) is 0 Å². The molecule has 4 rings (SSSR count). The Morgan fingerprint density at radius 3 is 1.07 bits per heavy atom. The van der Waals surface area contributed by atoms with Gasteiger partial charge in [0.15, 0.2) is 0 Å². The second-order valence-electron chi connectivity index (χ2n) is 6.07. The maximum Gasteiger partial charge on any atom is 0.610 e. The van der Waals surface area contributed by atoms with Crippen molar-refractivity contribution in [2.75, 3.05) is 0 Å². The number of hydrogen-bond acceptors (Lipinski definition) is 2. The molecule has 2 radical (unpaired) electrons. The molecule has 0 N–H and O–H groups in total. The summed E-state index contributed by atoms with van der Waals surface area (Å²) >= 11 is 0. The van der Waals surface area contributed by atoms with E-state index in [4.69, 9.17) is 8.85 Å². The highest BCUT2D eigenvalue weighted by Crippen LogP contribution is 2.23. The van der Waals surface area contributed by atoms with Gasteiger partial charge in [-0.1, -0.05) is 84.9 Å². The second-order valence-corrected chi connectivity index (χ2v) is 6.64. The van der Waals surface area contributed by atoms with Crippen molar-refractivity contribution >= 4 is 10.0 Å². The van der Waals surface area contributed by atoms with E-state index >= 15 is 0 Å². The molecule has 27 heavy (non-hydrogen) atoms. The van der Waals surface area contributed by atoms with Gasteiger partial charge in [0.1, 0.15) is 11.5 Å². The van der Waals surface area contributed by atoms with Crippen LogP contribution in [0.3, 0.4) is 0 Å². The van der Waals surface area contributed by atoms with Crippen molar-refractivity contribution in [3.8, 4) is 33.8 Å². The molecule has 2 nitrogen and oxygen atoms in total. The van der Waals surface area contributed by atoms with Crippen LogP contribution in [0.2, 0.25) is 0 Å². The molecule has 0 saturated heterocycles. The predicted molar refractivity (Wildman–Crippen MR) is 111 cm³/mol. The molecule has 3 heteroatoms. The SMILES string of the molecule is c1ccc(-c2ccc(O[Si]Oc3ccc(-c4ccccc4)cc3)cc2)cc1. The Hall–Kier alpha value is -3.30. The summed E-state index contributed by atoms with van der Waals surface area (Å²) in [7, 11) is -0.0863. The average Bonchev–Trinajstić information content (AvgIpc) is 2.76. The van der Waals surface area contributed by atoms with Crippen LogP contribution in [0.1, 0.15) is 0 Å². The molecule has 0 fully saturated rings. The standard InChI is InChI=1S/C24H18O2Si/c1-3-7-19(8-4-1)21-11-15-23(16-12-21)25-27-26-24-17-13-22(14-18-24)20-9-5-2-6-10-20/h1-18H. The molecule has 4 aromatic rings. The van der Waals surface area contributed by atoms with Crippen molar-refractivity contribution in [1.82, 2.24) is 0 Å². The van der Waals surface area contributed by atoms with Crippen molar-refractivity contribution in [3.05, 3.63) is 109 Å². The quantitative estimate of drug-likeness (QED) is 0.389. The molecule has 0 heterocycles. The lowest BCUT2D eigenvalue weighted by Crippen LogP contribution is -2.10. The summed E-state index contributed by atoms with van der Waals surface area (Å²) in [6, 6.07) is 36.7. The Bertz CT molecular complexity index is 883. The van der Waals surface area contributed by atoms with Gasteiger partial charge in [0.2, 0.25) is 0 Å². The van der Waals surface area contributed by atoms with Gasteiger partial charge in [0.05, 0.1) is 0 Å². The molecule has 0 saturated carbocycles. The Kier molecular flexibility index (Phi) is 5.32. The van der Waals surface area contributed by atoms with Gasteiger partial charge in [0, 0.05) is 0 Å². The summed E-state index contributed by atoms with van der Waals surface area (Å²) < 4.78 is 11.4. The normalized spacial score (nSPS) is 10.4.